The summed E-state index contributed by atoms with van der Waals surface area (Å²) in [5, 5.41) is 11.2. The number of furan rings is 1. The summed E-state index contributed by atoms with van der Waals surface area (Å²) < 4.78 is 5.22. The van der Waals surface area contributed by atoms with Crippen LogP contribution in [-0.4, -0.2) is 27.0 Å². The minimum absolute atomic E-state index is 0.433. The van der Waals surface area contributed by atoms with E-state index < -0.39 is 0 Å². The van der Waals surface area contributed by atoms with Crippen LogP contribution in [0.25, 0.3) is 0 Å². The Bertz CT molecular complexity index is 387. The first-order valence-corrected chi connectivity index (χ1v) is 5.97. The maximum atomic E-state index is 5.22. The van der Waals surface area contributed by atoms with E-state index in [2.05, 4.69) is 27.4 Å². The lowest BCUT2D eigenvalue weighted by molar-refractivity contribution is 0.484. The van der Waals surface area contributed by atoms with E-state index in [9.17, 15) is 0 Å². The topological polar surface area (TPSA) is 66.7 Å². The van der Waals surface area contributed by atoms with Crippen LogP contribution in [0.1, 0.15) is 12.7 Å². The lowest BCUT2D eigenvalue weighted by atomic mass is 10.4. The Hall–Kier alpha value is -1.27. The van der Waals surface area contributed by atoms with Gasteiger partial charge in [0.2, 0.25) is 0 Å². The van der Waals surface area contributed by atoms with Gasteiger partial charge in [0.05, 0.1) is 12.8 Å². The van der Waals surface area contributed by atoms with E-state index >= 15 is 0 Å². The molecule has 0 spiro atoms. The van der Waals surface area contributed by atoms with Crippen molar-refractivity contribution in [3.8, 4) is 0 Å². The first-order chi connectivity index (χ1) is 7.84. The Morgan fingerprint density at radius 2 is 2.56 bits per heavy atom. The molecule has 2 heterocycles. The molecule has 0 amide bonds. The number of hydrogen-bond acceptors (Lipinski definition) is 5. The second-order valence-electron chi connectivity index (χ2n) is 3.43. The number of rotatable bonds is 6. The molecular formula is C10H14N4OS. The minimum atomic E-state index is 0.433. The smallest absolute Gasteiger partial charge is 0.183 e. The Morgan fingerprint density at radius 1 is 1.62 bits per heavy atom. The van der Waals surface area contributed by atoms with Crippen LogP contribution < -0.4 is 5.32 Å². The zero-order chi connectivity index (χ0) is 11.2. The number of thioether (sulfide) groups is 1. The van der Waals surface area contributed by atoms with Gasteiger partial charge in [-0.1, -0.05) is 18.7 Å². The summed E-state index contributed by atoms with van der Waals surface area (Å²) in [6.45, 7) is 3.79. The molecule has 0 fully saturated rings. The van der Waals surface area contributed by atoms with Gasteiger partial charge in [-0.2, -0.15) is 5.10 Å². The molecule has 0 bridgehead atoms. The van der Waals surface area contributed by atoms with Crippen LogP contribution in [0.3, 0.4) is 0 Å². The van der Waals surface area contributed by atoms with E-state index in [0.29, 0.717) is 5.25 Å². The fourth-order valence-corrected chi connectivity index (χ4v) is 2.09. The number of nitrogens with zero attached hydrogens (tertiary/aromatic N) is 2. The van der Waals surface area contributed by atoms with Crippen molar-refractivity contribution in [1.29, 1.82) is 0 Å². The molecule has 0 aliphatic rings. The molecule has 1 atom stereocenters. The largest absolute Gasteiger partial charge is 0.468 e. The Morgan fingerprint density at radius 3 is 3.25 bits per heavy atom. The fraction of sp³-hybridized carbons (Fsp3) is 0.400. The number of aromatic amines is 1. The molecule has 6 heteroatoms. The summed E-state index contributed by atoms with van der Waals surface area (Å²) >= 11 is 1.67. The van der Waals surface area contributed by atoms with Crippen LogP contribution in [0.2, 0.25) is 0 Å². The number of nitrogens with one attached hydrogen (secondary N) is 2. The average Bonchev–Trinajstić information content (AvgIpc) is 2.90. The lowest BCUT2D eigenvalue weighted by Gasteiger charge is -2.09. The van der Waals surface area contributed by atoms with Crippen molar-refractivity contribution < 1.29 is 4.42 Å². The van der Waals surface area contributed by atoms with Gasteiger partial charge in [-0.25, -0.2) is 4.98 Å². The van der Waals surface area contributed by atoms with Crippen molar-refractivity contribution >= 4 is 11.8 Å². The molecule has 1 unspecified atom stereocenters. The van der Waals surface area contributed by atoms with Gasteiger partial charge in [0.1, 0.15) is 12.1 Å². The molecule has 2 N–H and O–H groups in total. The van der Waals surface area contributed by atoms with Gasteiger partial charge in [0.25, 0.3) is 0 Å². The highest BCUT2D eigenvalue weighted by atomic mass is 32.2. The van der Waals surface area contributed by atoms with Crippen molar-refractivity contribution in [1.82, 2.24) is 20.5 Å². The molecule has 5 nitrogen and oxygen atoms in total. The van der Waals surface area contributed by atoms with Crippen LogP contribution in [-0.2, 0) is 6.54 Å². The highest BCUT2D eigenvalue weighted by molar-refractivity contribution is 7.99. The summed E-state index contributed by atoms with van der Waals surface area (Å²) in [5.41, 5.74) is 0. The zero-order valence-electron chi connectivity index (χ0n) is 9.01. The molecule has 16 heavy (non-hydrogen) atoms. The second kappa shape index (κ2) is 5.72. The summed E-state index contributed by atoms with van der Waals surface area (Å²) in [6.07, 6.45) is 3.20. The van der Waals surface area contributed by atoms with Gasteiger partial charge in [-0.3, -0.25) is 5.10 Å². The third kappa shape index (κ3) is 3.39. The summed E-state index contributed by atoms with van der Waals surface area (Å²) in [7, 11) is 0. The molecule has 0 saturated heterocycles. The molecular weight excluding hydrogens is 224 g/mol. The Labute approximate surface area is 98.0 Å². The molecule has 0 aliphatic heterocycles. The summed E-state index contributed by atoms with van der Waals surface area (Å²) in [4.78, 5) is 4.06. The standard InChI is InChI=1S/C10H14N4OS/c1-8(16-10-12-7-13-14-10)5-11-6-9-3-2-4-15-9/h2-4,7-8,11H,5-6H2,1H3,(H,12,13,14). The number of hydrogen-bond donors (Lipinski definition) is 2. The molecule has 2 aromatic heterocycles. The average molecular weight is 238 g/mol. The second-order valence-corrected chi connectivity index (χ2v) is 4.86. The summed E-state index contributed by atoms with van der Waals surface area (Å²) in [6, 6.07) is 3.85. The van der Waals surface area contributed by atoms with Gasteiger partial charge < -0.3 is 9.73 Å². The minimum Gasteiger partial charge on any atom is -0.468 e. The monoisotopic (exact) mass is 238 g/mol. The molecule has 0 saturated carbocycles. The number of H-pyrrole nitrogens is 1. The summed E-state index contributed by atoms with van der Waals surface area (Å²) in [5.74, 6) is 0.955. The first-order valence-electron chi connectivity index (χ1n) is 5.09. The first kappa shape index (κ1) is 11.2. The van der Waals surface area contributed by atoms with E-state index in [1.54, 1.807) is 18.0 Å². The van der Waals surface area contributed by atoms with Crippen molar-refractivity contribution in [2.45, 2.75) is 23.9 Å². The molecule has 0 radical (unpaired) electrons. The van der Waals surface area contributed by atoms with Crippen molar-refractivity contribution in [2.75, 3.05) is 6.54 Å². The molecule has 0 aromatic carbocycles. The Kier molecular flexibility index (Phi) is 4.01. The van der Waals surface area contributed by atoms with Gasteiger partial charge >= 0.3 is 0 Å². The lowest BCUT2D eigenvalue weighted by Crippen LogP contribution is -2.22. The van der Waals surface area contributed by atoms with Crippen LogP contribution in [0.4, 0.5) is 0 Å². The third-order valence-electron chi connectivity index (χ3n) is 2.02. The van der Waals surface area contributed by atoms with E-state index in [0.717, 1.165) is 24.0 Å². The van der Waals surface area contributed by atoms with E-state index in [4.69, 9.17) is 4.42 Å². The van der Waals surface area contributed by atoms with Gasteiger partial charge in [0.15, 0.2) is 5.16 Å². The van der Waals surface area contributed by atoms with Crippen molar-refractivity contribution in [3.63, 3.8) is 0 Å². The SMILES string of the molecule is CC(CNCc1ccco1)Sc1ncn[nH]1. The van der Waals surface area contributed by atoms with Crippen molar-refractivity contribution in [2.24, 2.45) is 0 Å². The normalized spacial score (nSPS) is 12.8. The van der Waals surface area contributed by atoms with E-state index in [-0.39, 0.29) is 0 Å². The molecule has 0 aliphatic carbocycles. The van der Waals surface area contributed by atoms with E-state index in [1.807, 2.05) is 12.1 Å². The van der Waals surface area contributed by atoms with Gasteiger partial charge in [-0.15, -0.1) is 0 Å². The quantitative estimate of drug-likeness (QED) is 0.749. The highest BCUT2D eigenvalue weighted by Gasteiger charge is 2.06. The fourth-order valence-electron chi connectivity index (χ4n) is 1.30. The molecule has 2 aromatic rings. The van der Waals surface area contributed by atoms with Crippen LogP contribution in [0, 0.1) is 0 Å². The molecule has 2 rings (SSSR count). The maximum Gasteiger partial charge on any atom is 0.183 e. The third-order valence-corrected chi connectivity index (χ3v) is 3.01. The van der Waals surface area contributed by atoms with Crippen LogP contribution >= 0.6 is 11.8 Å². The predicted molar refractivity (Wildman–Crippen MR) is 62.1 cm³/mol. The van der Waals surface area contributed by atoms with Gasteiger partial charge in [0, 0.05) is 11.8 Å². The Balaban J connectivity index is 1.66. The van der Waals surface area contributed by atoms with E-state index in [1.165, 1.54) is 6.33 Å². The maximum absolute atomic E-state index is 5.22. The predicted octanol–water partition coefficient (Wildman–Crippen LogP) is 1.67. The van der Waals surface area contributed by atoms with Crippen LogP contribution in [0.15, 0.2) is 34.3 Å². The highest BCUT2D eigenvalue weighted by Crippen LogP contribution is 2.17. The van der Waals surface area contributed by atoms with Gasteiger partial charge in [-0.05, 0) is 12.1 Å². The molecule has 86 valence electrons. The zero-order valence-corrected chi connectivity index (χ0v) is 9.83. The number of aromatic nitrogens is 3. The van der Waals surface area contributed by atoms with Crippen LogP contribution in [0.5, 0.6) is 0 Å². The van der Waals surface area contributed by atoms with Crippen molar-refractivity contribution in [3.05, 3.63) is 30.5 Å².